The van der Waals surface area contributed by atoms with E-state index in [-0.39, 0.29) is 11.8 Å². The second kappa shape index (κ2) is 6.74. The smallest absolute Gasteiger partial charge is 0.319 e. The minimum Gasteiger partial charge on any atom is -0.397 e. The number of nitrogens with one attached hydrogen (secondary N) is 2. The summed E-state index contributed by atoms with van der Waals surface area (Å²) in [5, 5.41) is 5.42. The third kappa shape index (κ3) is 4.49. The number of carbonyl (C=O) groups is 1. The molecule has 0 saturated heterocycles. The van der Waals surface area contributed by atoms with Crippen LogP contribution in [0.3, 0.4) is 0 Å². The lowest BCUT2D eigenvalue weighted by molar-refractivity contribution is 0.252. The number of amides is 2. The van der Waals surface area contributed by atoms with Crippen molar-refractivity contribution in [2.24, 2.45) is 0 Å². The molecule has 4 nitrogen and oxygen atoms in total. The molecule has 0 heterocycles. The van der Waals surface area contributed by atoms with Crippen molar-refractivity contribution >= 4 is 17.4 Å². The van der Waals surface area contributed by atoms with Crippen molar-refractivity contribution in [2.45, 2.75) is 13.3 Å². The van der Waals surface area contributed by atoms with Gasteiger partial charge in [0, 0.05) is 6.54 Å². The maximum absolute atomic E-state index is 13.0. The van der Waals surface area contributed by atoms with E-state index in [9.17, 15) is 9.18 Å². The summed E-state index contributed by atoms with van der Waals surface area (Å²) in [5.74, 6) is -0.274. The zero-order chi connectivity index (χ0) is 15.2. The fourth-order valence-electron chi connectivity index (χ4n) is 1.96. The Labute approximate surface area is 123 Å². The lowest BCUT2D eigenvalue weighted by Crippen LogP contribution is -2.30. The van der Waals surface area contributed by atoms with Gasteiger partial charge in [-0.25, -0.2) is 9.18 Å². The summed E-state index contributed by atoms with van der Waals surface area (Å²) in [5.41, 5.74) is 8.74. The fourth-order valence-corrected chi connectivity index (χ4v) is 1.96. The summed E-state index contributed by atoms with van der Waals surface area (Å²) in [6, 6.07) is 11.4. The molecule has 0 aliphatic heterocycles. The predicted molar refractivity (Wildman–Crippen MR) is 82.7 cm³/mol. The van der Waals surface area contributed by atoms with Crippen molar-refractivity contribution in [2.75, 3.05) is 17.6 Å². The topological polar surface area (TPSA) is 67.1 Å². The summed E-state index contributed by atoms with van der Waals surface area (Å²) in [4.78, 5) is 11.8. The Morgan fingerprint density at radius 1 is 1.24 bits per heavy atom. The number of nitrogen functional groups attached to an aromatic ring is 1. The van der Waals surface area contributed by atoms with Crippen LogP contribution >= 0.6 is 0 Å². The number of rotatable bonds is 4. The second-order valence-corrected chi connectivity index (χ2v) is 4.85. The van der Waals surface area contributed by atoms with E-state index in [1.165, 1.54) is 12.1 Å². The maximum atomic E-state index is 13.0. The summed E-state index contributed by atoms with van der Waals surface area (Å²) in [6.07, 6.45) is 0.564. The third-order valence-electron chi connectivity index (χ3n) is 3.05. The first-order valence-corrected chi connectivity index (χ1v) is 6.70. The molecule has 0 radical (unpaired) electrons. The molecular weight excluding hydrogens is 269 g/mol. The number of aryl methyl sites for hydroxylation is 1. The van der Waals surface area contributed by atoms with E-state index in [1.54, 1.807) is 12.1 Å². The molecule has 0 aliphatic carbocycles. The fraction of sp³-hybridized carbons (Fsp3) is 0.188. The van der Waals surface area contributed by atoms with Gasteiger partial charge < -0.3 is 16.4 Å². The third-order valence-corrected chi connectivity index (χ3v) is 3.05. The number of halogens is 1. The van der Waals surface area contributed by atoms with Gasteiger partial charge in [-0.05, 0) is 48.7 Å². The van der Waals surface area contributed by atoms with Crippen molar-refractivity contribution in [3.8, 4) is 0 Å². The summed E-state index contributed by atoms with van der Waals surface area (Å²) in [7, 11) is 0. The SMILES string of the molecule is Cc1ccc(N)c(NC(=O)NCCc2cccc(F)c2)c1. The highest BCUT2D eigenvalue weighted by Gasteiger charge is 2.05. The first kappa shape index (κ1) is 14.8. The van der Waals surface area contributed by atoms with Gasteiger partial charge in [0.1, 0.15) is 5.82 Å². The lowest BCUT2D eigenvalue weighted by atomic mass is 10.1. The van der Waals surface area contributed by atoms with Gasteiger partial charge in [0.15, 0.2) is 0 Å². The van der Waals surface area contributed by atoms with Crippen molar-refractivity contribution in [3.05, 3.63) is 59.4 Å². The van der Waals surface area contributed by atoms with E-state index < -0.39 is 0 Å². The number of anilines is 2. The van der Waals surface area contributed by atoms with Crippen LogP contribution in [-0.4, -0.2) is 12.6 Å². The largest absolute Gasteiger partial charge is 0.397 e. The standard InChI is InChI=1S/C16H18FN3O/c1-11-5-6-14(18)15(9-11)20-16(21)19-8-7-12-3-2-4-13(17)10-12/h2-6,9-10H,7-8,18H2,1H3,(H2,19,20,21). The van der Waals surface area contributed by atoms with Gasteiger partial charge in [-0.3, -0.25) is 0 Å². The molecule has 2 aromatic rings. The molecule has 4 N–H and O–H groups in total. The molecule has 21 heavy (non-hydrogen) atoms. The Morgan fingerprint density at radius 2 is 2.05 bits per heavy atom. The number of hydrogen-bond donors (Lipinski definition) is 3. The zero-order valence-electron chi connectivity index (χ0n) is 11.8. The molecule has 0 bridgehead atoms. The van der Waals surface area contributed by atoms with Crippen LogP contribution in [0.5, 0.6) is 0 Å². The minimum absolute atomic E-state index is 0.274. The molecule has 0 unspecified atom stereocenters. The van der Waals surface area contributed by atoms with Gasteiger partial charge in [-0.2, -0.15) is 0 Å². The van der Waals surface area contributed by atoms with Crippen LogP contribution in [-0.2, 0) is 6.42 Å². The van der Waals surface area contributed by atoms with Gasteiger partial charge in [-0.15, -0.1) is 0 Å². The number of benzene rings is 2. The highest BCUT2D eigenvalue weighted by atomic mass is 19.1. The van der Waals surface area contributed by atoms with E-state index in [1.807, 2.05) is 25.1 Å². The van der Waals surface area contributed by atoms with Crippen molar-refractivity contribution in [1.82, 2.24) is 5.32 Å². The second-order valence-electron chi connectivity index (χ2n) is 4.85. The number of nitrogens with two attached hydrogens (primary N) is 1. The van der Waals surface area contributed by atoms with Crippen LogP contribution in [0.15, 0.2) is 42.5 Å². The van der Waals surface area contributed by atoms with Crippen molar-refractivity contribution < 1.29 is 9.18 Å². The molecule has 5 heteroatoms. The average molecular weight is 287 g/mol. The Kier molecular flexibility index (Phi) is 4.77. The van der Waals surface area contributed by atoms with Crippen LogP contribution in [0.2, 0.25) is 0 Å². The maximum Gasteiger partial charge on any atom is 0.319 e. The molecular formula is C16H18FN3O. The van der Waals surface area contributed by atoms with Gasteiger partial charge in [0.2, 0.25) is 0 Å². The van der Waals surface area contributed by atoms with Crippen LogP contribution in [0.1, 0.15) is 11.1 Å². The Balaban J connectivity index is 1.84. The van der Waals surface area contributed by atoms with Crippen LogP contribution < -0.4 is 16.4 Å². The van der Waals surface area contributed by atoms with Gasteiger partial charge in [-0.1, -0.05) is 18.2 Å². The van der Waals surface area contributed by atoms with Gasteiger partial charge in [0.05, 0.1) is 11.4 Å². The van der Waals surface area contributed by atoms with Crippen LogP contribution in [0.25, 0.3) is 0 Å². The number of urea groups is 1. The summed E-state index contributed by atoms with van der Waals surface area (Å²) in [6.45, 7) is 2.34. The molecule has 2 aromatic carbocycles. The first-order chi connectivity index (χ1) is 10.0. The monoisotopic (exact) mass is 287 g/mol. The number of carbonyl (C=O) groups excluding carboxylic acids is 1. The summed E-state index contributed by atoms with van der Waals surface area (Å²) >= 11 is 0. The molecule has 2 amide bonds. The molecule has 0 spiro atoms. The predicted octanol–water partition coefficient (Wildman–Crippen LogP) is 3.08. The Morgan fingerprint density at radius 3 is 2.81 bits per heavy atom. The highest BCUT2D eigenvalue weighted by molar-refractivity contribution is 5.92. The highest BCUT2D eigenvalue weighted by Crippen LogP contribution is 2.19. The molecule has 0 atom stereocenters. The van der Waals surface area contributed by atoms with E-state index in [2.05, 4.69) is 10.6 Å². The molecule has 0 saturated carbocycles. The van der Waals surface area contributed by atoms with Crippen LogP contribution in [0, 0.1) is 12.7 Å². The van der Waals surface area contributed by atoms with E-state index >= 15 is 0 Å². The molecule has 0 fully saturated rings. The molecule has 0 aromatic heterocycles. The van der Waals surface area contributed by atoms with E-state index in [0.29, 0.717) is 24.3 Å². The molecule has 2 rings (SSSR count). The van der Waals surface area contributed by atoms with E-state index in [0.717, 1.165) is 11.1 Å². The van der Waals surface area contributed by atoms with E-state index in [4.69, 9.17) is 5.73 Å². The zero-order valence-corrected chi connectivity index (χ0v) is 11.8. The number of hydrogen-bond acceptors (Lipinski definition) is 2. The summed E-state index contributed by atoms with van der Waals surface area (Å²) < 4.78 is 13.0. The van der Waals surface area contributed by atoms with Crippen molar-refractivity contribution in [1.29, 1.82) is 0 Å². The van der Waals surface area contributed by atoms with Gasteiger partial charge >= 0.3 is 6.03 Å². The van der Waals surface area contributed by atoms with Crippen LogP contribution in [0.4, 0.5) is 20.6 Å². The molecule has 0 aliphatic rings. The van der Waals surface area contributed by atoms with Crippen molar-refractivity contribution in [3.63, 3.8) is 0 Å². The minimum atomic E-state index is -0.330. The average Bonchev–Trinajstić information content (AvgIpc) is 2.43. The first-order valence-electron chi connectivity index (χ1n) is 6.70. The quantitative estimate of drug-likeness (QED) is 0.756. The lowest BCUT2D eigenvalue weighted by Gasteiger charge is -2.10. The Bertz CT molecular complexity index is 643. The molecule has 110 valence electrons. The van der Waals surface area contributed by atoms with Gasteiger partial charge in [0.25, 0.3) is 0 Å². The normalized spacial score (nSPS) is 10.2. The Hall–Kier alpha value is -2.56.